The lowest BCUT2D eigenvalue weighted by Crippen LogP contribution is -2.18. The average molecular weight is 433 g/mol. The van der Waals surface area contributed by atoms with E-state index in [9.17, 15) is 0 Å². The predicted molar refractivity (Wildman–Crippen MR) is 117 cm³/mol. The summed E-state index contributed by atoms with van der Waals surface area (Å²) in [5.41, 5.74) is 2.25. The van der Waals surface area contributed by atoms with Gasteiger partial charge in [0.15, 0.2) is 23.0 Å². The van der Waals surface area contributed by atoms with Gasteiger partial charge in [0, 0.05) is 0 Å². The van der Waals surface area contributed by atoms with Gasteiger partial charge >= 0.3 is 0 Å². The summed E-state index contributed by atoms with van der Waals surface area (Å²) in [6, 6.07) is 8.04. The fraction of sp³-hybridized carbons (Fsp3) is 0.500. The van der Waals surface area contributed by atoms with Crippen LogP contribution in [0.1, 0.15) is 11.1 Å². The van der Waals surface area contributed by atoms with E-state index >= 15 is 0 Å². The van der Waals surface area contributed by atoms with Crippen molar-refractivity contribution < 1.29 is 33.2 Å². The van der Waals surface area contributed by atoms with E-state index in [0.717, 1.165) is 24.0 Å². The summed E-state index contributed by atoms with van der Waals surface area (Å²) in [5, 5.41) is 0. The lowest BCUT2D eigenvalue weighted by molar-refractivity contribution is 0.180. The van der Waals surface area contributed by atoms with Crippen LogP contribution in [0.5, 0.6) is 34.5 Å². The van der Waals surface area contributed by atoms with Crippen LogP contribution in [0.2, 0.25) is 0 Å². The van der Waals surface area contributed by atoms with E-state index in [1.54, 1.807) is 42.7 Å². The molecule has 0 amide bonds. The highest BCUT2D eigenvalue weighted by Crippen LogP contribution is 2.41. The van der Waals surface area contributed by atoms with Gasteiger partial charge < -0.3 is 33.2 Å². The van der Waals surface area contributed by atoms with Crippen molar-refractivity contribution in [3.05, 3.63) is 35.4 Å². The topological polar surface area (TPSA) is 64.6 Å². The molecular weight excluding hydrogens is 400 g/mol. The highest BCUT2D eigenvalue weighted by Gasteiger charge is 2.30. The van der Waals surface area contributed by atoms with Gasteiger partial charge in [-0.05, 0) is 60.1 Å². The van der Waals surface area contributed by atoms with Crippen molar-refractivity contribution in [3.63, 3.8) is 0 Å². The molecule has 1 aliphatic rings. The average Bonchev–Trinajstić information content (AvgIpc) is 3.23. The zero-order valence-corrected chi connectivity index (χ0v) is 19.2. The van der Waals surface area contributed by atoms with Crippen LogP contribution >= 0.6 is 0 Å². The van der Waals surface area contributed by atoms with Crippen molar-refractivity contribution in [2.24, 2.45) is 11.8 Å². The van der Waals surface area contributed by atoms with Gasteiger partial charge in [0.1, 0.15) is 0 Å². The predicted octanol–water partition coefficient (Wildman–Crippen LogP) is 3.79. The largest absolute Gasteiger partial charge is 0.493 e. The SMILES string of the molecule is COc1cc(C[C@H]2COC[C@@H]2Cc2cc(OC)c(OC)c(OC)c2)cc(OC)c1OC. The maximum atomic E-state index is 5.86. The van der Waals surface area contributed by atoms with Crippen molar-refractivity contribution >= 4 is 0 Å². The number of methoxy groups -OCH3 is 6. The van der Waals surface area contributed by atoms with Gasteiger partial charge in [-0.3, -0.25) is 0 Å². The Hall–Kier alpha value is -2.80. The molecule has 2 atom stereocenters. The molecule has 2 aromatic rings. The number of ether oxygens (including phenoxy) is 7. The van der Waals surface area contributed by atoms with Gasteiger partial charge in [-0.1, -0.05) is 0 Å². The second-order valence-corrected chi connectivity index (χ2v) is 7.53. The van der Waals surface area contributed by atoms with E-state index in [1.165, 1.54) is 0 Å². The second kappa shape index (κ2) is 10.5. The number of rotatable bonds is 10. The summed E-state index contributed by atoms with van der Waals surface area (Å²) in [4.78, 5) is 0. The van der Waals surface area contributed by atoms with Crippen molar-refractivity contribution in [2.45, 2.75) is 12.8 Å². The highest BCUT2D eigenvalue weighted by atomic mass is 16.5. The Kier molecular flexibility index (Phi) is 7.74. The Morgan fingerprint density at radius 2 is 0.903 bits per heavy atom. The molecule has 0 saturated carbocycles. The second-order valence-electron chi connectivity index (χ2n) is 7.53. The van der Waals surface area contributed by atoms with Crippen molar-refractivity contribution in [1.29, 1.82) is 0 Å². The first kappa shape index (κ1) is 22.9. The Balaban J connectivity index is 1.81. The fourth-order valence-corrected chi connectivity index (χ4v) is 4.21. The number of benzene rings is 2. The zero-order valence-electron chi connectivity index (χ0n) is 19.2. The van der Waals surface area contributed by atoms with E-state index in [-0.39, 0.29) is 0 Å². The van der Waals surface area contributed by atoms with Crippen molar-refractivity contribution in [2.75, 3.05) is 55.9 Å². The quantitative estimate of drug-likeness (QED) is 0.566. The molecule has 0 unspecified atom stereocenters. The van der Waals surface area contributed by atoms with Gasteiger partial charge in [0.05, 0.1) is 55.9 Å². The maximum Gasteiger partial charge on any atom is 0.203 e. The number of hydrogen-bond acceptors (Lipinski definition) is 7. The minimum Gasteiger partial charge on any atom is -0.493 e. The van der Waals surface area contributed by atoms with Crippen LogP contribution in [0, 0.1) is 11.8 Å². The molecule has 7 heteroatoms. The molecular formula is C24H32O7. The van der Waals surface area contributed by atoms with Crippen molar-refractivity contribution in [3.8, 4) is 34.5 Å². The van der Waals surface area contributed by atoms with Crippen LogP contribution < -0.4 is 28.4 Å². The maximum absolute atomic E-state index is 5.86. The Bertz CT molecular complexity index is 759. The van der Waals surface area contributed by atoms with Crippen LogP contribution in [0.4, 0.5) is 0 Å². The van der Waals surface area contributed by atoms with Gasteiger partial charge in [0.25, 0.3) is 0 Å². The third-order valence-electron chi connectivity index (χ3n) is 5.78. The molecule has 0 N–H and O–H groups in total. The summed E-state index contributed by atoms with van der Waals surface area (Å²) < 4.78 is 38.7. The molecule has 0 bridgehead atoms. The minimum absolute atomic E-state index is 0.363. The van der Waals surface area contributed by atoms with E-state index in [1.807, 2.05) is 24.3 Å². The highest BCUT2D eigenvalue weighted by molar-refractivity contribution is 5.55. The summed E-state index contributed by atoms with van der Waals surface area (Å²) in [6.07, 6.45) is 1.71. The molecule has 0 aliphatic carbocycles. The zero-order chi connectivity index (χ0) is 22.4. The summed E-state index contributed by atoms with van der Waals surface area (Å²) >= 11 is 0. The van der Waals surface area contributed by atoms with E-state index in [2.05, 4.69) is 0 Å². The van der Waals surface area contributed by atoms with E-state index in [0.29, 0.717) is 59.5 Å². The van der Waals surface area contributed by atoms with Crippen molar-refractivity contribution in [1.82, 2.24) is 0 Å². The molecule has 1 saturated heterocycles. The molecule has 1 heterocycles. The van der Waals surface area contributed by atoms with Gasteiger partial charge in [0.2, 0.25) is 11.5 Å². The molecule has 0 radical (unpaired) electrons. The third kappa shape index (κ3) is 4.93. The Morgan fingerprint density at radius 1 is 0.581 bits per heavy atom. The van der Waals surface area contributed by atoms with Crippen LogP contribution in [-0.2, 0) is 17.6 Å². The van der Waals surface area contributed by atoms with E-state index < -0.39 is 0 Å². The normalized spacial score (nSPS) is 17.9. The monoisotopic (exact) mass is 432 g/mol. The lowest BCUT2D eigenvalue weighted by Gasteiger charge is -2.21. The first-order chi connectivity index (χ1) is 15.1. The molecule has 170 valence electrons. The standard InChI is InChI=1S/C24H32O7/c1-25-19-9-15(10-20(26-2)23(19)29-5)7-17-13-31-14-18(17)8-16-11-21(27-3)24(30-6)22(12-16)28-4/h9-12,17-18H,7-8,13-14H2,1-6H3/t17-,18-/m0/s1. The third-order valence-corrected chi connectivity index (χ3v) is 5.78. The molecule has 1 fully saturated rings. The van der Waals surface area contributed by atoms with Crippen LogP contribution in [0.25, 0.3) is 0 Å². The summed E-state index contributed by atoms with van der Waals surface area (Å²) in [7, 11) is 9.75. The molecule has 0 spiro atoms. The van der Waals surface area contributed by atoms with Crippen LogP contribution in [0.15, 0.2) is 24.3 Å². The first-order valence-corrected chi connectivity index (χ1v) is 10.2. The summed E-state index contributed by atoms with van der Waals surface area (Å²) in [6.45, 7) is 1.43. The molecule has 31 heavy (non-hydrogen) atoms. The summed E-state index contributed by atoms with van der Waals surface area (Å²) in [5.74, 6) is 4.59. The molecule has 0 aromatic heterocycles. The fourth-order valence-electron chi connectivity index (χ4n) is 4.21. The minimum atomic E-state index is 0.363. The van der Waals surface area contributed by atoms with Gasteiger partial charge in [-0.2, -0.15) is 0 Å². The molecule has 3 rings (SSSR count). The number of hydrogen-bond donors (Lipinski definition) is 0. The molecule has 2 aromatic carbocycles. The van der Waals surface area contributed by atoms with Gasteiger partial charge in [-0.25, -0.2) is 0 Å². The first-order valence-electron chi connectivity index (χ1n) is 10.2. The van der Waals surface area contributed by atoms with E-state index in [4.69, 9.17) is 33.2 Å². The lowest BCUT2D eigenvalue weighted by atomic mass is 9.85. The Morgan fingerprint density at radius 3 is 1.16 bits per heavy atom. The van der Waals surface area contributed by atoms with Crippen LogP contribution in [0.3, 0.4) is 0 Å². The smallest absolute Gasteiger partial charge is 0.203 e. The van der Waals surface area contributed by atoms with Crippen LogP contribution in [-0.4, -0.2) is 55.9 Å². The molecule has 1 aliphatic heterocycles. The Labute approximate surface area is 184 Å². The van der Waals surface area contributed by atoms with Gasteiger partial charge in [-0.15, -0.1) is 0 Å². The molecule has 7 nitrogen and oxygen atoms in total.